The third kappa shape index (κ3) is 5.50. The van der Waals surface area contributed by atoms with Crippen molar-refractivity contribution in [1.82, 2.24) is 14.7 Å². The van der Waals surface area contributed by atoms with Gasteiger partial charge in [-0.15, -0.1) is 0 Å². The van der Waals surface area contributed by atoms with Crippen molar-refractivity contribution in [2.45, 2.75) is 18.2 Å². The number of pyridine rings is 1. The van der Waals surface area contributed by atoms with E-state index >= 15 is 0 Å². The molecule has 0 saturated heterocycles. The number of imidazole rings is 1. The van der Waals surface area contributed by atoms with E-state index in [1.54, 1.807) is 30.3 Å². The van der Waals surface area contributed by atoms with Gasteiger partial charge in [0.1, 0.15) is 11.4 Å². The fourth-order valence-corrected chi connectivity index (χ4v) is 4.38. The highest BCUT2D eigenvalue weighted by molar-refractivity contribution is 7.92. The number of sulfonamides is 1. The molecule has 170 valence electrons. The second kappa shape index (κ2) is 9.74. The summed E-state index contributed by atoms with van der Waals surface area (Å²) in [7, 11) is -3.80. The van der Waals surface area contributed by atoms with Crippen molar-refractivity contribution in [3.63, 3.8) is 0 Å². The minimum Gasteiger partial charge on any atom is -0.494 e. The highest BCUT2D eigenvalue weighted by atomic mass is 32.2. The molecule has 0 aliphatic heterocycles. The molecule has 2 heterocycles. The third-order valence-corrected chi connectivity index (χ3v) is 6.30. The predicted molar refractivity (Wildman–Crippen MR) is 126 cm³/mol. The lowest BCUT2D eigenvalue weighted by atomic mass is 10.2. The summed E-state index contributed by atoms with van der Waals surface area (Å²) in [5, 5.41) is 2.85. The van der Waals surface area contributed by atoms with Gasteiger partial charge in [0, 0.05) is 36.6 Å². The Hall–Kier alpha value is -3.85. The number of hydrogen-bond donors (Lipinski definition) is 2. The van der Waals surface area contributed by atoms with Crippen molar-refractivity contribution in [1.29, 1.82) is 0 Å². The number of nitrogens with zero attached hydrogens (tertiary/aromatic N) is 2. The Morgan fingerprint density at radius 1 is 1.06 bits per heavy atom. The molecule has 4 aromatic rings. The zero-order valence-electron chi connectivity index (χ0n) is 18.1. The van der Waals surface area contributed by atoms with E-state index in [0.717, 1.165) is 11.3 Å². The Morgan fingerprint density at radius 3 is 2.64 bits per heavy atom. The van der Waals surface area contributed by atoms with Crippen LogP contribution in [0.4, 0.5) is 5.69 Å². The summed E-state index contributed by atoms with van der Waals surface area (Å²) in [6.45, 7) is 2.76. The number of anilines is 1. The third-order valence-electron chi connectivity index (χ3n) is 4.90. The van der Waals surface area contributed by atoms with Gasteiger partial charge >= 0.3 is 0 Å². The van der Waals surface area contributed by atoms with Gasteiger partial charge in [-0.2, -0.15) is 0 Å². The molecule has 0 atom stereocenters. The number of aromatic nitrogens is 2. The number of ether oxygens (including phenoxy) is 1. The van der Waals surface area contributed by atoms with Crippen LogP contribution in [0.15, 0.2) is 84.0 Å². The van der Waals surface area contributed by atoms with Crippen LogP contribution in [0, 0.1) is 0 Å². The van der Waals surface area contributed by atoms with Crippen LogP contribution in [0.5, 0.6) is 5.75 Å². The second-order valence-corrected chi connectivity index (χ2v) is 8.98. The minimum atomic E-state index is -3.80. The second-order valence-electron chi connectivity index (χ2n) is 7.29. The van der Waals surface area contributed by atoms with Gasteiger partial charge in [0.25, 0.3) is 15.9 Å². The van der Waals surface area contributed by atoms with Crippen LogP contribution in [-0.4, -0.2) is 36.9 Å². The molecule has 1 amide bonds. The van der Waals surface area contributed by atoms with E-state index in [2.05, 4.69) is 15.0 Å². The number of amides is 1. The first-order valence-corrected chi connectivity index (χ1v) is 12.0. The summed E-state index contributed by atoms with van der Waals surface area (Å²) in [6.07, 6.45) is 4.43. The zero-order chi connectivity index (χ0) is 23.3. The van der Waals surface area contributed by atoms with E-state index in [1.807, 2.05) is 41.9 Å². The Morgan fingerprint density at radius 2 is 1.88 bits per heavy atom. The van der Waals surface area contributed by atoms with E-state index in [1.165, 1.54) is 18.2 Å². The molecule has 8 nitrogen and oxygen atoms in total. The Balaban J connectivity index is 1.37. The van der Waals surface area contributed by atoms with Gasteiger partial charge in [-0.3, -0.25) is 9.52 Å². The van der Waals surface area contributed by atoms with Crippen molar-refractivity contribution in [3.05, 3.63) is 90.4 Å². The molecular weight excluding hydrogens is 440 g/mol. The number of fused-ring (bicyclic) bond motifs is 1. The van der Waals surface area contributed by atoms with Crippen LogP contribution in [0.25, 0.3) is 5.65 Å². The number of carbonyl (C=O) groups is 1. The molecule has 2 N–H and O–H groups in total. The Labute approximate surface area is 192 Å². The van der Waals surface area contributed by atoms with Crippen LogP contribution in [0.3, 0.4) is 0 Å². The zero-order valence-corrected chi connectivity index (χ0v) is 18.9. The molecule has 2 aromatic heterocycles. The molecule has 0 saturated carbocycles. The highest BCUT2D eigenvalue weighted by Crippen LogP contribution is 2.20. The lowest BCUT2D eigenvalue weighted by molar-refractivity contribution is 0.0954. The molecule has 0 fully saturated rings. The van der Waals surface area contributed by atoms with Crippen LogP contribution in [-0.2, 0) is 16.4 Å². The fraction of sp³-hybridized carbons (Fsp3) is 0.167. The lowest BCUT2D eigenvalue weighted by Gasteiger charge is -2.10. The molecule has 0 bridgehead atoms. The number of rotatable bonds is 9. The number of nitrogens with one attached hydrogen (secondary N) is 2. The van der Waals surface area contributed by atoms with E-state index in [0.29, 0.717) is 36.6 Å². The number of carbonyl (C=O) groups excluding carboxylic acids is 1. The predicted octanol–water partition coefficient (Wildman–Crippen LogP) is 3.51. The van der Waals surface area contributed by atoms with Crippen LogP contribution < -0.4 is 14.8 Å². The molecule has 4 rings (SSSR count). The molecule has 0 radical (unpaired) electrons. The van der Waals surface area contributed by atoms with Gasteiger partial charge in [-0.1, -0.05) is 12.1 Å². The smallest absolute Gasteiger partial charge is 0.261 e. The first kappa shape index (κ1) is 22.3. The maximum atomic E-state index is 12.7. The SMILES string of the molecule is CCOc1ccc(S(=O)(=O)Nc2cccc(C(=O)NCCc3cn4ccccc4n3)c2)cc1. The monoisotopic (exact) mass is 464 g/mol. The summed E-state index contributed by atoms with van der Waals surface area (Å²) >= 11 is 0. The first-order valence-electron chi connectivity index (χ1n) is 10.5. The van der Waals surface area contributed by atoms with Gasteiger partial charge in [-0.05, 0) is 61.5 Å². The molecule has 9 heteroatoms. The molecule has 0 spiro atoms. The summed E-state index contributed by atoms with van der Waals surface area (Å²) in [5.74, 6) is 0.305. The fourth-order valence-electron chi connectivity index (χ4n) is 3.33. The van der Waals surface area contributed by atoms with Crippen LogP contribution in [0.2, 0.25) is 0 Å². The van der Waals surface area contributed by atoms with E-state index in [9.17, 15) is 13.2 Å². The van der Waals surface area contributed by atoms with E-state index < -0.39 is 10.0 Å². The molecule has 0 unspecified atom stereocenters. The molecule has 2 aromatic carbocycles. The summed E-state index contributed by atoms with van der Waals surface area (Å²) in [5.41, 5.74) is 2.39. The molecule has 33 heavy (non-hydrogen) atoms. The van der Waals surface area contributed by atoms with E-state index in [4.69, 9.17) is 4.74 Å². The molecule has 0 aliphatic carbocycles. The van der Waals surface area contributed by atoms with Crippen molar-refractivity contribution < 1.29 is 17.9 Å². The average molecular weight is 465 g/mol. The largest absolute Gasteiger partial charge is 0.494 e. The molecular formula is C24H24N4O4S. The Bertz CT molecular complexity index is 1330. The summed E-state index contributed by atoms with van der Waals surface area (Å²) in [6, 6.07) is 18.3. The minimum absolute atomic E-state index is 0.105. The maximum Gasteiger partial charge on any atom is 0.261 e. The Kier molecular flexibility index (Phi) is 6.60. The summed E-state index contributed by atoms with van der Waals surface area (Å²) < 4.78 is 35.2. The van der Waals surface area contributed by atoms with Gasteiger partial charge < -0.3 is 14.5 Å². The number of benzene rings is 2. The lowest BCUT2D eigenvalue weighted by Crippen LogP contribution is -2.26. The van der Waals surface area contributed by atoms with Gasteiger partial charge in [0.2, 0.25) is 0 Å². The average Bonchev–Trinajstić information content (AvgIpc) is 3.22. The quantitative estimate of drug-likeness (QED) is 0.395. The summed E-state index contributed by atoms with van der Waals surface area (Å²) in [4.78, 5) is 17.2. The number of hydrogen-bond acceptors (Lipinski definition) is 5. The van der Waals surface area contributed by atoms with Gasteiger partial charge in [0.05, 0.1) is 17.2 Å². The van der Waals surface area contributed by atoms with Gasteiger partial charge in [-0.25, -0.2) is 13.4 Å². The molecule has 0 aliphatic rings. The van der Waals surface area contributed by atoms with E-state index in [-0.39, 0.29) is 10.8 Å². The standard InChI is InChI=1S/C24H24N4O4S/c1-2-32-21-9-11-22(12-10-21)33(30,31)27-19-7-5-6-18(16-19)24(29)25-14-13-20-17-28-15-4-3-8-23(28)26-20/h3-12,15-17,27H,2,13-14H2,1H3,(H,25,29). The highest BCUT2D eigenvalue weighted by Gasteiger charge is 2.15. The van der Waals surface area contributed by atoms with Crippen LogP contribution in [0.1, 0.15) is 23.0 Å². The topological polar surface area (TPSA) is 102 Å². The van der Waals surface area contributed by atoms with Crippen molar-refractivity contribution in [3.8, 4) is 5.75 Å². The first-order chi connectivity index (χ1) is 15.9. The van der Waals surface area contributed by atoms with Crippen molar-refractivity contribution >= 4 is 27.3 Å². The van der Waals surface area contributed by atoms with Crippen molar-refractivity contribution in [2.75, 3.05) is 17.9 Å². The van der Waals surface area contributed by atoms with Crippen LogP contribution >= 0.6 is 0 Å². The maximum absolute atomic E-state index is 12.7. The normalized spacial score (nSPS) is 11.3. The van der Waals surface area contributed by atoms with Crippen molar-refractivity contribution in [2.24, 2.45) is 0 Å². The van der Waals surface area contributed by atoms with Gasteiger partial charge in [0.15, 0.2) is 0 Å².